The standard InChI is InChI=1S/C51H49ClN6O11S2/c1-51(2)23-30(53-29-6-3-5-27(20-29)45-43(52)44(68-24-41(60)61)46(70-45)49(64)65)17-18-56(51)71(66,67)25-26-9-15-39-36(19-26)54-50(69-39)57-31-10-11-32(57)22-28(21-31)33-12-13-37-42-34(33)7-4-8-35(42)48(63)58(37)38-14-16-40(59)55-47(38)62/h3-9,12-13,15,19-20,28,30-32,38,53H,10-11,14,16-18,21-25H2,1-2H3,(H,60,61)(H,64,65)(H,55,59,62). The molecule has 5 aliphatic heterocycles. The van der Waals surface area contributed by atoms with Gasteiger partial charge in [-0.2, -0.15) is 9.29 Å². The maximum Gasteiger partial charge on any atom is 0.349 e. The highest BCUT2D eigenvalue weighted by Crippen LogP contribution is 2.50. The van der Waals surface area contributed by atoms with Crippen molar-refractivity contribution in [3.8, 4) is 16.2 Å². The number of aliphatic carboxylic acids is 1. The van der Waals surface area contributed by atoms with Crippen LogP contribution in [0.15, 0.2) is 77.2 Å². The first-order valence-electron chi connectivity index (χ1n) is 23.6. The molecule has 4 unspecified atom stereocenters. The van der Waals surface area contributed by atoms with Crippen LogP contribution in [0.3, 0.4) is 0 Å². The molecule has 5 aliphatic rings. The Balaban J connectivity index is 0.754. The number of nitrogens with one attached hydrogen (secondary N) is 2. The number of carboxylic acid groups (broad SMARTS) is 2. The number of fused-ring (bicyclic) bond motifs is 3. The molecule has 2 bridgehead atoms. The third-order valence-electron chi connectivity index (χ3n) is 14.7. The maximum atomic E-state index is 14.2. The fourth-order valence-corrected chi connectivity index (χ4v) is 15.2. The smallest absolute Gasteiger partial charge is 0.349 e. The molecule has 0 aliphatic carbocycles. The largest absolute Gasteiger partial charge is 0.479 e. The lowest BCUT2D eigenvalue weighted by Gasteiger charge is -2.45. The summed E-state index contributed by atoms with van der Waals surface area (Å²) in [6.07, 6.45) is 5.12. The number of aromatic carboxylic acids is 1. The fourth-order valence-electron chi connectivity index (χ4n) is 11.8. The van der Waals surface area contributed by atoms with Crippen molar-refractivity contribution in [1.82, 2.24) is 14.6 Å². The number of carbonyl (C=O) groups is 5. The number of hydrogen-bond donors (Lipinski definition) is 4. The van der Waals surface area contributed by atoms with Crippen LogP contribution in [0.5, 0.6) is 5.75 Å². The Morgan fingerprint density at radius 2 is 1.76 bits per heavy atom. The molecule has 7 heterocycles. The lowest BCUT2D eigenvalue weighted by Crippen LogP contribution is -2.55. The van der Waals surface area contributed by atoms with E-state index >= 15 is 0 Å². The molecule has 3 amide bonds. The highest BCUT2D eigenvalue weighted by molar-refractivity contribution is 7.88. The van der Waals surface area contributed by atoms with Gasteiger partial charge in [-0.15, -0.1) is 11.3 Å². The van der Waals surface area contributed by atoms with Crippen molar-refractivity contribution in [1.29, 1.82) is 0 Å². The average molecular weight is 1020 g/mol. The molecule has 0 spiro atoms. The van der Waals surface area contributed by atoms with Crippen LogP contribution in [-0.2, 0) is 30.2 Å². The van der Waals surface area contributed by atoms with E-state index in [-0.39, 0.29) is 76.6 Å². The van der Waals surface area contributed by atoms with Crippen LogP contribution in [0.2, 0.25) is 5.02 Å². The van der Waals surface area contributed by atoms with Gasteiger partial charge < -0.3 is 29.6 Å². The van der Waals surface area contributed by atoms with E-state index in [2.05, 4.69) is 27.7 Å². The Bertz CT molecular complexity index is 3340. The fraction of sp³-hybridized carbons (Fsp3) is 0.373. The number of carboxylic acids is 2. The zero-order valence-electron chi connectivity index (χ0n) is 38.6. The lowest BCUT2D eigenvalue weighted by atomic mass is 9.82. The first-order chi connectivity index (χ1) is 33.9. The molecule has 2 aromatic heterocycles. The van der Waals surface area contributed by atoms with Crippen molar-refractivity contribution in [2.75, 3.05) is 28.3 Å². The summed E-state index contributed by atoms with van der Waals surface area (Å²) in [6, 6.07) is 22.5. The average Bonchev–Trinajstić information content (AvgIpc) is 4.04. The Labute approximate surface area is 416 Å². The summed E-state index contributed by atoms with van der Waals surface area (Å²) in [4.78, 5) is 70.7. The minimum absolute atomic E-state index is 0.00782. The third kappa shape index (κ3) is 8.35. The van der Waals surface area contributed by atoms with Gasteiger partial charge >= 0.3 is 11.9 Å². The van der Waals surface area contributed by atoms with E-state index in [9.17, 15) is 37.5 Å². The molecule has 368 valence electrons. The number of aromatic nitrogens is 1. The second-order valence-electron chi connectivity index (χ2n) is 19.7. The first-order valence-corrected chi connectivity index (χ1v) is 26.4. The van der Waals surface area contributed by atoms with Gasteiger partial charge in [0, 0.05) is 53.3 Å². The van der Waals surface area contributed by atoms with Gasteiger partial charge in [-0.05, 0) is 123 Å². The molecule has 4 N–H and O–H groups in total. The molecule has 11 rings (SSSR count). The van der Waals surface area contributed by atoms with Crippen molar-refractivity contribution < 1.29 is 51.8 Å². The van der Waals surface area contributed by atoms with E-state index in [0.717, 1.165) is 53.5 Å². The number of ether oxygens (including phenoxy) is 1. The van der Waals surface area contributed by atoms with Gasteiger partial charge in [0.2, 0.25) is 21.8 Å². The van der Waals surface area contributed by atoms with Crippen molar-refractivity contribution in [2.45, 2.75) is 107 Å². The van der Waals surface area contributed by atoms with Crippen LogP contribution in [0.25, 0.3) is 32.3 Å². The molecular formula is C51H49ClN6O11S2. The predicted molar refractivity (Wildman–Crippen MR) is 267 cm³/mol. The van der Waals surface area contributed by atoms with Crippen molar-refractivity contribution >= 4 is 102 Å². The second kappa shape index (κ2) is 17.6. The van der Waals surface area contributed by atoms with Crippen LogP contribution < -0.4 is 25.2 Å². The summed E-state index contributed by atoms with van der Waals surface area (Å²) in [5.74, 6) is -3.76. The Morgan fingerprint density at radius 3 is 2.49 bits per heavy atom. The minimum Gasteiger partial charge on any atom is -0.479 e. The van der Waals surface area contributed by atoms with Gasteiger partial charge in [-0.3, -0.25) is 24.6 Å². The highest BCUT2D eigenvalue weighted by Gasteiger charge is 2.46. The van der Waals surface area contributed by atoms with Gasteiger partial charge in [0.1, 0.15) is 16.6 Å². The number of rotatable bonds is 13. The quantitative estimate of drug-likeness (QED) is 0.0797. The number of carbonyl (C=O) groups excluding carboxylic acids is 3. The van der Waals surface area contributed by atoms with E-state index in [4.69, 9.17) is 30.8 Å². The van der Waals surface area contributed by atoms with Crippen molar-refractivity contribution in [3.05, 3.63) is 99.4 Å². The number of hydrogen-bond acceptors (Lipinski definition) is 13. The van der Waals surface area contributed by atoms with Crippen molar-refractivity contribution in [2.24, 2.45) is 0 Å². The molecule has 4 atom stereocenters. The van der Waals surface area contributed by atoms with Crippen LogP contribution in [-0.4, -0.2) is 100 Å². The monoisotopic (exact) mass is 1020 g/mol. The molecule has 0 radical (unpaired) electrons. The zero-order valence-corrected chi connectivity index (χ0v) is 41.0. The number of anilines is 3. The van der Waals surface area contributed by atoms with Gasteiger partial charge in [-0.25, -0.2) is 18.0 Å². The Hall–Kier alpha value is -6.54. The third-order valence-corrected chi connectivity index (χ3v) is 18.5. The summed E-state index contributed by atoms with van der Waals surface area (Å²) < 4.78 is 41.7. The number of imide groups is 1. The predicted octanol–water partition coefficient (Wildman–Crippen LogP) is 8.39. The zero-order chi connectivity index (χ0) is 49.7. The van der Waals surface area contributed by atoms with E-state index < -0.39 is 46.1 Å². The van der Waals surface area contributed by atoms with E-state index in [1.807, 2.05) is 44.2 Å². The number of oxazole rings is 1. The summed E-state index contributed by atoms with van der Waals surface area (Å²) in [6.45, 7) is 3.37. The molecule has 71 heavy (non-hydrogen) atoms. The highest BCUT2D eigenvalue weighted by atomic mass is 35.5. The van der Waals surface area contributed by atoms with Gasteiger partial charge in [0.15, 0.2) is 22.8 Å². The lowest BCUT2D eigenvalue weighted by molar-refractivity contribution is -0.139. The molecule has 6 aromatic rings. The minimum atomic E-state index is -3.79. The number of sulfonamides is 1. The first kappa shape index (κ1) is 46.8. The van der Waals surface area contributed by atoms with Crippen molar-refractivity contribution in [3.63, 3.8) is 0 Å². The molecular weight excluding hydrogens is 972 g/mol. The van der Waals surface area contributed by atoms with Crippen LogP contribution in [0, 0.1) is 0 Å². The Kier molecular flexibility index (Phi) is 11.6. The molecule has 17 nitrogen and oxygen atoms in total. The molecule has 4 aromatic carbocycles. The Morgan fingerprint density at radius 1 is 0.986 bits per heavy atom. The second-order valence-corrected chi connectivity index (χ2v) is 23.0. The van der Waals surface area contributed by atoms with Crippen LogP contribution in [0.1, 0.15) is 102 Å². The molecule has 4 fully saturated rings. The number of thiophene rings is 1. The number of nitrogens with zero attached hydrogens (tertiary/aromatic N) is 4. The summed E-state index contributed by atoms with van der Waals surface area (Å²) >= 11 is 7.44. The topological polar surface area (TPSA) is 229 Å². The van der Waals surface area contributed by atoms with E-state index in [1.165, 1.54) is 5.56 Å². The summed E-state index contributed by atoms with van der Waals surface area (Å²) in [5.41, 5.74) is 4.79. The molecule has 0 saturated carbocycles. The molecule has 4 saturated heterocycles. The van der Waals surface area contributed by atoms with Gasteiger partial charge in [-0.1, -0.05) is 48.0 Å². The maximum absolute atomic E-state index is 14.2. The molecule has 20 heteroatoms. The van der Waals surface area contributed by atoms with Gasteiger partial charge in [0.25, 0.3) is 11.9 Å². The summed E-state index contributed by atoms with van der Waals surface area (Å²) in [7, 11) is -3.79. The van der Waals surface area contributed by atoms with Crippen LogP contribution in [0.4, 0.5) is 17.4 Å². The van der Waals surface area contributed by atoms with Gasteiger partial charge in [0.05, 0.1) is 16.3 Å². The van der Waals surface area contributed by atoms with Crippen LogP contribution >= 0.6 is 22.9 Å². The number of halogens is 1. The SMILES string of the molecule is CC1(C)CC(Nc2cccc(-c3sc(C(=O)O)c(OCC(=O)O)c3Cl)c2)CCN1S(=O)(=O)Cc1ccc2oc(N3C4CCC3CC(c3ccc5c6c(cccc36)C(=O)N5C3CCC(=O)NC3=O)C4)nc2c1. The summed E-state index contributed by atoms with van der Waals surface area (Å²) in [5, 5.41) is 26.6. The van der Waals surface area contributed by atoms with E-state index in [1.54, 1.807) is 39.5 Å². The number of benzene rings is 4. The van der Waals surface area contributed by atoms with E-state index in [0.29, 0.717) is 57.2 Å². The number of piperidine rings is 3. The number of amides is 3. The normalized spacial score (nSPS) is 23.1.